The quantitative estimate of drug-likeness (QED) is 0.268. The first-order valence-corrected chi connectivity index (χ1v) is 12.6. The Morgan fingerprint density at radius 3 is 2.53 bits per heavy atom. The van der Waals surface area contributed by atoms with E-state index in [2.05, 4.69) is 0 Å². The number of carboxylic acid groups (broad SMARTS) is 1. The number of aromatic carboxylic acids is 1. The maximum absolute atomic E-state index is 13.5. The summed E-state index contributed by atoms with van der Waals surface area (Å²) in [6.45, 7) is 2.24. The number of carbonyl (C=O) groups excluding carboxylic acids is 1. The number of para-hydroxylation sites is 1. The number of carbonyl (C=O) groups is 2. The van der Waals surface area contributed by atoms with Crippen molar-refractivity contribution in [1.29, 1.82) is 0 Å². The molecular weight excluding hydrogens is 500 g/mol. The molecule has 1 amide bonds. The van der Waals surface area contributed by atoms with Crippen molar-refractivity contribution in [3.63, 3.8) is 0 Å². The van der Waals surface area contributed by atoms with Crippen LogP contribution in [0.25, 0.3) is 17.4 Å². The first kappa shape index (κ1) is 25.1. The number of methoxy groups -OCH3 is 1. The number of carboxylic acids is 1. The molecule has 4 aromatic rings. The summed E-state index contributed by atoms with van der Waals surface area (Å²) in [7, 11) is 1.61. The number of aliphatic imine (C=N–C) groups is 1. The third kappa shape index (κ3) is 5.40. The van der Waals surface area contributed by atoms with Gasteiger partial charge < -0.3 is 14.3 Å². The summed E-state index contributed by atoms with van der Waals surface area (Å²) >= 11 is 1.28. The maximum atomic E-state index is 13.5. The normalized spacial score (nSPS) is 15.4. The predicted octanol–water partition coefficient (Wildman–Crippen LogP) is 6.77. The van der Waals surface area contributed by atoms with Crippen LogP contribution in [0.4, 0.5) is 5.69 Å². The smallest absolute Gasteiger partial charge is 0.335 e. The van der Waals surface area contributed by atoms with Crippen molar-refractivity contribution in [2.45, 2.75) is 13.5 Å². The van der Waals surface area contributed by atoms with Crippen LogP contribution in [0.15, 0.2) is 99.2 Å². The van der Waals surface area contributed by atoms with E-state index in [-0.39, 0.29) is 11.5 Å². The monoisotopic (exact) mass is 524 g/mol. The van der Waals surface area contributed by atoms with Crippen molar-refractivity contribution in [2.75, 3.05) is 7.11 Å². The second-order valence-corrected chi connectivity index (χ2v) is 9.63. The first-order valence-electron chi connectivity index (χ1n) is 11.8. The van der Waals surface area contributed by atoms with Crippen molar-refractivity contribution >= 4 is 40.6 Å². The molecule has 1 N–H and O–H groups in total. The average Bonchev–Trinajstić information content (AvgIpc) is 3.50. The molecule has 1 aromatic heterocycles. The summed E-state index contributed by atoms with van der Waals surface area (Å²) < 4.78 is 11.3. The van der Waals surface area contributed by atoms with Crippen LogP contribution in [0.3, 0.4) is 0 Å². The van der Waals surface area contributed by atoms with E-state index >= 15 is 0 Å². The van der Waals surface area contributed by atoms with Gasteiger partial charge in [-0.05, 0) is 78.3 Å². The average molecular weight is 525 g/mol. The predicted molar refractivity (Wildman–Crippen MR) is 148 cm³/mol. The van der Waals surface area contributed by atoms with Crippen molar-refractivity contribution in [2.24, 2.45) is 4.99 Å². The minimum Gasteiger partial charge on any atom is -0.497 e. The largest absolute Gasteiger partial charge is 0.497 e. The highest BCUT2D eigenvalue weighted by atomic mass is 32.2. The molecule has 0 atom stereocenters. The lowest BCUT2D eigenvalue weighted by atomic mass is 10.0. The van der Waals surface area contributed by atoms with Gasteiger partial charge in [-0.15, -0.1) is 0 Å². The number of aryl methyl sites for hydroxylation is 1. The molecule has 0 unspecified atom stereocenters. The fraction of sp³-hybridized carbons (Fsp3) is 0.100. The molecular formula is C30H24N2O5S. The number of nitrogens with zero attached hydrogens (tertiary/aromatic N) is 2. The second kappa shape index (κ2) is 10.8. The topological polar surface area (TPSA) is 92.3 Å². The van der Waals surface area contributed by atoms with E-state index in [1.807, 2.05) is 61.5 Å². The van der Waals surface area contributed by atoms with Gasteiger partial charge in [0.15, 0.2) is 5.17 Å². The SMILES string of the molecule is COc1ccc(CN2C(=O)/C(=C/c3ccc(-c4cc(C(=O)O)ccc4C)o3)SC2=Nc2ccccc2)cc1. The summed E-state index contributed by atoms with van der Waals surface area (Å²) in [4.78, 5) is 31.8. The van der Waals surface area contributed by atoms with E-state index in [0.717, 1.165) is 22.6 Å². The van der Waals surface area contributed by atoms with Crippen molar-refractivity contribution in [1.82, 2.24) is 4.90 Å². The van der Waals surface area contributed by atoms with Crippen LogP contribution >= 0.6 is 11.8 Å². The Morgan fingerprint density at radius 1 is 1.05 bits per heavy atom. The number of ether oxygens (including phenoxy) is 1. The minimum absolute atomic E-state index is 0.178. The lowest BCUT2D eigenvalue weighted by Gasteiger charge is -2.16. The molecule has 2 heterocycles. The highest BCUT2D eigenvalue weighted by Crippen LogP contribution is 2.36. The summed E-state index contributed by atoms with van der Waals surface area (Å²) in [5, 5.41) is 9.93. The summed E-state index contributed by atoms with van der Waals surface area (Å²) in [6.07, 6.45) is 1.70. The van der Waals surface area contributed by atoms with Gasteiger partial charge in [-0.1, -0.05) is 36.4 Å². The van der Waals surface area contributed by atoms with Gasteiger partial charge in [0.25, 0.3) is 5.91 Å². The molecule has 1 aliphatic heterocycles. The van der Waals surface area contributed by atoms with Crippen LogP contribution in [0, 0.1) is 6.92 Å². The van der Waals surface area contributed by atoms with Gasteiger partial charge >= 0.3 is 5.97 Å². The number of rotatable bonds is 7. The maximum Gasteiger partial charge on any atom is 0.335 e. The highest BCUT2D eigenvalue weighted by molar-refractivity contribution is 8.18. The minimum atomic E-state index is -1.00. The van der Waals surface area contributed by atoms with Gasteiger partial charge in [-0.25, -0.2) is 9.79 Å². The number of amides is 1. The Morgan fingerprint density at radius 2 is 1.82 bits per heavy atom. The zero-order valence-corrected chi connectivity index (χ0v) is 21.6. The van der Waals surface area contributed by atoms with Crippen LogP contribution < -0.4 is 4.74 Å². The van der Waals surface area contributed by atoms with Gasteiger partial charge in [-0.2, -0.15) is 0 Å². The number of hydrogen-bond donors (Lipinski definition) is 1. The molecule has 1 aliphatic rings. The molecule has 0 spiro atoms. The molecule has 38 heavy (non-hydrogen) atoms. The summed E-state index contributed by atoms with van der Waals surface area (Å²) in [6, 6.07) is 25.5. The van der Waals surface area contributed by atoms with Gasteiger partial charge in [0, 0.05) is 11.6 Å². The third-order valence-corrected chi connectivity index (χ3v) is 7.03. The van der Waals surface area contributed by atoms with Crippen LogP contribution in [0.1, 0.15) is 27.2 Å². The van der Waals surface area contributed by atoms with E-state index < -0.39 is 5.97 Å². The molecule has 0 radical (unpaired) electrons. The molecule has 8 heteroatoms. The van der Waals surface area contributed by atoms with Gasteiger partial charge in [-0.3, -0.25) is 9.69 Å². The molecule has 3 aromatic carbocycles. The zero-order valence-electron chi connectivity index (χ0n) is 20.8. The Bertz CT molecular complexity index is 1560. The standard InChI is InChI=1S/C30H24N2O5S/c1-19-8-11-21(29(34)35)16-25(19)26-15-14-24(37-26)17-27-28(33)32(18-20-9-12-23(36-2)13-10-20)30(38-27)31-22-6-4-3-5-7-22/h3-17H,18H2,1-2H3,(H,34,35)/b27-17-,31-30?. The van der Waals surface area contributed by atoms with E-state index in [0.29, 0.717) is 33.7 Å². The van der Waals surface area contributed by atoms with Crippen LogP contribution in [0.5, 0.6) is 5.75 Å². The molecule has 7 nitrogen and oxygen atoms in total. The molecule has 1 saturated heterocycles. The Balaban J connectivity index is 1.46. The molecule has 190 valence electrons. The Labute approximate surface area is 224 Å². The fourth-order valence-corrected chi connectivity index (χ4v) is 4.96. The molecule has 5 rings (SSSR count). The van der Waals surface area contributed by atoms with Crippen LogP contribution in [-0.4, -0.2) is 34.2 Å². The van der Waals surface area contributed by atoms with Gasteiger partial charge in [0.1, 0.15) is 17.3 Å². The lowest BCUT2D eigenvalue weighted by molar-refractivity contribution is -0.122. The van der Waals surface area contributed by atoms with Crippen molar-refractivity contribution in [3.05, 3.63) is 112 Å². The fourth-order valence-electron chi connectivity index (χ4n) is 3.98. The first-order chi connectivity index (χ1) is 18.4. The Hall–Kier alpha value is -4.56. The van der Waals surface area contributed by atoms with Gasteiger partial charge in [0.2, 0.25) is 0 Å². The number of hydrogen-bond acceptors (Lipinski definition) is 6. The van der Waals surface area contributed by atoms with E-state index in [1.165, 1.54) is 11.8 Å². The lowest BCUT2D eigenvalue weighted by Crippen LogP contribution is -2.28. The molecule has 0 saturated carbocycles. The van der Waals surface area contributed by atoms with Crippen LogP contribution in [0.2, 0.25) is 0 Å². The van der Waals surface area contributed by atoms with E-state index in [9.17, 15) is 14.7 Å². The third-order valence-electron chi connectivity index (χ3n) is 6.02. The number of thioether (sulfide) groups is 1. The summed E-state index contributed by atoms with van der Waals surface area (Å²) in [5.41, 5.74) is 3.44. The molecule has 0 aliphatic carbocycles. The zero-order chi connectivity index (χ0) is 26.6. The number of furan rings is 1. The summed E-state index contributed by atoms with van der Waals surface area (Å²) in [5.74, 6) is 0.577. The van der Waals surface area contributed by atoms with Crippen molar-refractivity contribution in [3.8, 4) is 17.1 Å². The second-order valence-electron chi connectivity index (χ2n) is 8.62. The Kier molecular flexibility index (Phi) is 7.15. The number of amidine groups is 1. The van der Waals surface area contributed by atoms with E-state index in [4.69, 9.17) is 14.1 Å². The molecule has 1 fully saturated rings. The highest BCUT2D eigenvalue weighted by Gasteiger charge is 2.34. The van der Waals surface area contributed by atoms with Crippen molar-refractivity contribution < 1.29 is 23.8 Å². The van der Waals surface area contributed by atoms with Crippen LogP contribution in [-0.2, 0) is 11.3 Å². The molecule has 0 bridgehead atoms. The number of benzene rings is 3. The van der Waals surface area contributed by atoms with Gasteiger partial charge in [0.05, 0.1) is 29.8 Å². The van der Waals surface area contributed by atoms with E-state index in [1.54, 1.807) is 48.4 Å².